The largest absolute Gasteiger partial charge is 0.480 e. The van der Waals surface area contributed by atoms with Crippen LogP contribution in [0.15, 0.2) is 18.5 Å². The Hall–Kier alpha value is -2.39. The van der Waals surface area contributed by atoms with Gasteiger partial charge in [0.25, 0.3) is 0 Å². The number of anilines is 2. The molecule has 1 aliphatic rings. The maximum atomic E-state index is 5.63. The van der Waals surface area contributed by atoms with E-state index in [0.717, 1.165) is 24.5 Å². The first-order valence-electron chi connectivity index (χ1n) is 8.59. The molecule has 0 aromatic carbocycles. The molecule has 0 spiro atoms. The van der Waals surface area contributed by atoms with Crippen molar-refractivity contribution in [2.75, 3.05) is 51.6 Å². The molecule has 2 aromatic rings. The van der Waals surface area contributed by atoms with Crippen molar-refractivity contribution in [3.63, 3.8) is 0 Å². The molecule has 2 atom stereocenters. The van der Waals surface area contributed by atoms with E-state index in [1.807, 2.05) is 19.3 Å². The van der Waals surface area contributed by atoms with E-state index in [1.165, 1.54) is 0 Å². The monoisotopic (exact) mass is 361 g/mol. The van der Waals surface area contributed by atoms with Crippen LogP contribution in [-0.4, -0.2) is 78.2 Å². The molecule has 0 unspecified atom stereocenters. The normalized spacial score (nSPS) is 20.0. The molecule has 142 valence electrons. The van der Waals surface area contributed by atoms with Gasteiger partial charge in [0.15, 0.2) is 0 Å². The molecule has 9 heteroatoms. The lowest BCUT2D eigenvalue weighted by Crippen LogP contribution is -2.39. The molecule has 1 saturated heterocycles. The third-order valence-corrected chi connectivity index (χ3v) is 4.66. The summed E-state index contributed by atoms with van der Waals surface area (Å²) < 4.78 is 12.6. The highest BCUT2D eigenvalue weighted by molar-refractivity contribution is 5.45. The summed E-state index contributed by atoms with van der Waals surface area (Å²) in [6, 6.07) is 2.27. The van der Waals surface area contributed by atoms with Crippen molar-refractivity contribution in [2.45, 2.75) is 18.7 Å². The zero-order valence-electron chi connectivity index (χ0n) is 16.0. The van der Waals surface area contributed by atoms with E-state index in [4.69, 9.17) is 9.47 Å². The van der Waals surface area contributed by atoms with Crippen molar-refractivity contribution >= 4 is 11.8 Å². The molecule has 1 fully saturated rings. The van der Waals surface area contributed by atoms with Gasteiger partial charge in [0.2, 0.25) is 11.8 Å². The van der Waals surface area contributed by atoms with Gasteiger partial charge in [-0.05, 0) is 20.2 Å². The van der Waals surface area contributed by atoms with E-state index in [1.54, 1.807) is 25.1 Å². The first kappa shape index (κ1) is 18.4. The molecular weight excluding hydrogens is 334 g/mol. The first-order chi connectivity index (χ1) is 12.5. The van der Waals surface area contributed by atoms with Gasteiger partial charge in [0.1, 0.15) is 5.82 Å². The minimum absolute atomic E-state index is 0.163. The topological polar surface area (TPSA) is 80.6 Å². The van der Waals surface area contributed by atoms with Crippen LogP contribution < -0.4 is 15.0 Å². The fraction of sp³-hybridized carbons (Fsp3) is 0.588. The van der Waals surface area contributed by atoms with Crippen molar-refractivity contribution < 1.29 is 9.47 Å². The lowest BCUT2D eigenvalue weighted by atomic mass is 10.2. The molecule has 0 radical (unpaired) electrons. The maximum Gasteiger partial charge on any atom is 0.237 e. The summed E-state index contributed by atoms with van der Waals surface area (Å²) in [7, 11) is 9.40. The number of nitrogens with zero attached hydrogens (tertiary/aromatic N) is 6. The van der Waals surface area contributed by atoms with Gasteiger partial charge < -0.3 is 24.6 Å². The van der Waals surface area contributed by atoms with Crippen molar-refractivity contribution in [2.24, 2.45) is 7.05 Å². The summed E-state index contributed by atoms with van der Waals surface area (Å²) in [4.78, 5) is 13.4. The van der Waals surface area contributed by atoms with E-state index in [9.17, 15) is 0 Å². The van der Waals surface area contributed by atoms with Gasteiger partial charge in [-0.3, -0.25) is 4.68 Å². The van der Waals surface area contributed by atoms with E-state index >= 15 is 0 Å². The third-order valence-electron chi connectivity index (χ3n) is 4.66. The number of methoxy groups -OCH3 is 2. The average molecular weight is 361 g/mol. The number of aryl methyl sites for hydroxylation is 1. The summed E-state index contributed by atoms with van der Waals surface area (Å²) in [6.45, 7) is 2.23. The summed E-state index contributed by atoms with van der Waals surface area (Å²) in [5.74, 6) is 2.08. The number of aromatic nitrogens is 4. The van der Waals surface area contributed by atoms with Gasteiger partial charge in [-0.15, -0.1) is 5.10 Å². The Morgan fingerprint density at radius 3 is 2.77 bits per heavy atom. The minimum Gasteiger partial charge on any atom is -0.480 e. The summed E-state index contributed by atoms with van der Waals surface area (Å²) in [6.07, 6.45) is 3.85. The predicted octanol–water partition coefficient (Wildman–Crippen LogP) is 0.596. The van der Waals surface area contributed by atoms with Crippen LogP contribution in [-0.2, 0) is 18.3 Å². The Balaban J connectivity index is 1.68. The van der Waals surface area contributed by atoms with Crippen LogP contribution in [0.4, 0.5) is 11.8 Å². The molecule has 3 heterocycles. The number of hydrogen-bond donors (Lipinski definition) is 1. The van der Waals surface area contributed by atoms with Crippen LogP contribution in [0, 0.1) is 0 Å². The van der Waals surface area contributed by atoms with Gasteiger partial charge in [-0.25, -0.2) is 4.98 Å². The van der Waals surface area contributed by atoms with Gasteiger partial charge in [-0.2, -0.15) is 4.98 Å². The lowest BCUT2D eigenvalue weighted by Gasteiger charge is -2.23. The number of hydrogen-bond acceptors (Lipinski definition) is 8. The van der Waals surface area contributed by atoms with Crippen molar-refractivity contribution in [1.29, 1.82) is 0 Å². The second-order valence-corrected chi connectivity index (χ2v) is 6.64. The highest BCUT2D eigenvalue weighted by Crippen LogP contribution is 2.23. The number of rotatable bonds is 7. The molecular formula is C17H27N7O2. The zero-order valence-corrected chi connectivity index (χ0v) is 16.0. The Morgan fingerprint density at radius 2 is 2.12 bits per heavy atom. The summed E-state index contributed by atoms with van der Waals surface area (Å²) in [5, 5.41) is 7.50. The van der Waals surface area contributed by atoms with Crippen molar-refractivity contribution in [1.82, 2.24) is 24.6 Å². The molecule has 26 heavy (non-hydrogen) atoms. The van der Waals surface area contributed by atoms with E-state index in [0.29, 0.717) is 24.4 Å². The molecule has 0 saturated carbocycles. The Morgan fingerprint density at radius 1 is 1.31 bits per heavy atom. The third kappa shape index (κ3) is 3.88. The Labute approximate surface area is 153 Å². The fourth-order valence-electron chi connectivity index (χ4n) is 3.27. The van der Waals surface area contributed by atoms with Crippen LogP contribution in [0.3, 0.4) is 0 Å². The predicted molar refractivity (Wildman–Crippen MR) is 99.6 cm³/mol. The summed E-state index contributed by atoms with van der Waals surface area (Å²) in [5.41, 5.74) is 0.956. The highest BCUT2D eigenvalue weighted by Gasteiger charge is 2.35. The molecule has 9 nitrogen and oxygen atoms in total. The second-order valence-electron chi connectivity index (χ2n) is 6.64. The van der Waals surface area contributed by atoms with Gasteiger partial charge >= 0.3 is 0 Å². The quantitative estimate of drug-likeness (QED) is 0.768. The number of ether oxygens (including phenoxy) is 2. The van der Waals surface area contributed by atoms with Crippen molar-refractivity contribution in [3.8, 4) is 5.88 Å². The van der Waals surface area contributed by atoms with Crippen LogP contribution >= 0.6 is 0 Å². The Kier molecular flexibility index (Phi) is 5.58. The Bertz CT molecular complexity index is 734. The van der Waals surface area contributed by atoms with E-state index in [-0.39, 0.29) is 6.10 Å². The van der Waals surface area contributed by atoms with Gasteiger partial charge in [-0.1, -0.05) is 0 Å². The zero-order chi connectivity index (χ0) is 18.7. The van der Waals surface area contributed by atoms with Crippen LogP contribution in [0.5, 0.6) is 5.88 Å². The van der Waals surface area contributed by atoms with Gasteiger partial charge in [0.05, 0.1) is 24.8 Å². The lowest BCUT2D eigenvalue weighted by molar-refractivity contribution is 0.0639. The molecule has 1 N–H and O–H groups in total. The smallest absolute Gasteiger partial charge is 0.237 e. The van der Waals surface area contributed by atoms with E-state index < -0.39 is 0 Å². The average Bonchev–Trinajstić information content (AvgIpc) is 3.23. The van der Waals surface area contributed by atoms with Crippen molar-refractivity contribution in [3.05, 3.63) is 24.0 Å². The fourth-order valence-corrected chi connectivity index (χ4v) is 3.27. The molecule has 0 bridgehead atoms. The van der Waals surface area contributed by atoms with Crippen LogP contribution in [0.25, 0.3) is 0 Å². The number of likely N-dealkylation sites (N-methyl/N-ethyl adjacent to an activating group) is 1. The minimum atomic E-state index is 0.163. The molecule has 0 amide bonds. The standard InChI is InChI=1S/C17H27N7O2/c1-22(2)13-10-24(11-14(13)25-4)15-6-7-18-17(20-15)19-8-12-9-23(3)21-16(12)26-5/h6-7,9,13-14H,8,10-11H2,1-5H3,(H,18,19,20)/t13-,14+/m0/s1. The number of nitrogens with one attached hydrogen (secondary N) is 1. The van der Waals surface area contributed by atoms with Crippen LogP contribution in [0.2, 0.25) is 0 Å². The maximum absolute atomic E-state index is 5.63. The summed E-state index contributed by atoms with van der Waals surface area (Å²) >= 11 is 0. The van der Waals surface area contributed by atoms with Gasteiger partial charge in [0, 0.05) is 46.2 Å². The van der Waals surface area contributed by atoms with E-state index in [2.05, 4.69) is 44.3 Å². The second kappa shape index (κ2) is 7.88. The molecule has 3 rings (SSSR count). The SMILES string of the molecule is COc1nn(C)cc1CNc1nccc(N2C[C@@H](OC)[C@@H](N(C)C)C2)n1. The molecule has 1 aliphatic heterocycles. The van der Waals surface area contributed by atoms with Crippen LogP contribution in [0.1, 0.15) is 5.56 Å². The molecule has 2 aromatic heterocycles. The first-order valence-corrected chi connectivity index (χ1v) is 8.59. The molecule has 0 aliphatic carbocycles. The highest BCUT2D eigenvalue weighted by atomic mass is 16.5.